The Morgan fingerprint density at radius 3 is 2.57 bits per heavy atom. The minimum atomic E-state index is -3.67. The second-order valence-corrected chi connectivity index (χ2v) is 10.9. The zero-order valence-corrected chi connectivity index (χ0v) is 19.1. The zero-order chi connectivity index (χ0) is 21.5. The molecule has 30 heavy (non-hydrogen) atoms. The number of fused-ring (bicyclic) bond motifs is 1. The summed E-state index contributed by atoms with van der Waals surface area (Å²) in [5.74, 6) is -0.615. The molecule has 2 heterocycles. The molecule has 1 atom stereocenters. The summed E-state index contributed by atoms with van der Waals surface area (Å²) in [6, 6.07) is 10.2. The van der Waals surface area contributed by atoms with Gasteiger partial charge in [0, 0.05) is 18.1 Å². The molecule has 1 N–H and O–H groups in total. The Hall–Kier alpha value is -2.00. The van der Waals surface area contributed by atoms with E-state index in [1.54, 1.807) is 12.1 Å². The van der Waals surface area contributed by atoms with Crippen LogP contribution in [0.5, 0.6) is 0 Å². The quantitative estimate of drug-likeness (QED) is 0.612. The lowest BCUT2D eigenvalue weighted by atomic mass is 9.99. The van der Waals surface area contributed by atoms with Crippen LogP contribution in [0.15, 0.2) is 41.3 Å². The first-order valence-electron chi connectivity index (χ1n) is 9.69. The van der Waals surface area contributed by atoms with Gasteiger partial charge in [-0.2, -0.15) is 4.31 Å². The van der Waals surface area contributed by atoms with Gasteiger partial charge in [0.05, 0.1) is 21.0 Å². The number of halogens is 1. The van der Waals surface area contributed by atoms with Crippen LogP contribution in [0.2, 0.25) is 5.02 Å². The summed E-state index contributed by atoms with van der Waals surface area (Å²) >= 11 is 7.32. The largest absolute Gasteiger partial charge is 0.302 e. The highest BCUT2D eigenvalue weighted by molar-refractivity contribution is 7.89. The van der Waals surface area contributed by atoms with Gasteiger partial charge in [0.2, 0.25) is 15.9 Å². The van der Waals surface area contributed by atoms with E-state index in [2.05, 4.69) is 10.3 Å². The third-order valence-electron chi connectivity index (χ3n) is 5.38. The van der Waals surface area contributed by atoms with E-state index < -0.39 is 15.9 Å². The number of carbonyl (C=O) groups is 1. The molecular weight excluding hydrogens is 442 g/mol. The summed E-state index contributed by atoms with van der Waals surface area (Å²) in [7, 11) is -3.67. The van der Waals surface area contributed by atoms with Gasteiger partial charge in [-0.1, -0.05) is 35.1 Å². The van der Waals surface area contributed by atoms with Crippen LogP contribution in [0, 0.1) is 19.8 Å². The van der Waals surface area contributed by atoms with Gasteiger partial charge in [0.1, 0.15) is 0 Å². The van der Waals surface area contributed by atoms with E-state index in [0.717, 1.165) is 21.3 Å². The summed E-state index contributed by atoms with van der Waals surface area (Å²) in [5.41, 5.74) is 3.07. The maximum absolute atomic E-state index is 13.0. The molecule has 0 radical (unpaired) electrons. The fourth-order valence-electron chi connectivity index (χ4n) is 3.65. The zero-order valence-electron chi connectivity index (χ0n) is 16.7. The number of anilines is 1. The highest BCUT2D eigenvalue weighted by Gasteiger charge is 2.33. The third kappa shape index (κ3) is 4.09. The molecule has 3 aromatic rings. The molecule has 9 heteroatoms. The Balaban J connectivity index is 1.50. The number of hydrogen-bond acceptors (Lipinski definition) is 5. The summed E-state index contributed by atoms with van der Waals surface area (Å²) in [6.45, 7) is 4.56. The highest BCUT2D eigenvalue weighted by Crippen LogP contribution is 2.32. The van der Waals surface area contributed by atoms with Gasteiger partial charge in [0.25, 0.3) is 0 Å². The predicted molar refractivity (Wildman–Crippen MR) is 121 cm³/mol. The average molecular weight is 464 g/mol. The van der Waals surface area contributed by atoms with Crippen molar-refractivity contribution in [2.24, 2.45) is 5.92 Å². The van der Waals surface area contributed by atoms with Crippen LogP contribution in [0.3, 0.4) is 0 Å². The Morgan fingerprint density at radius 1 is 1.17 bits per heavy atom. The Morgan fingerprint density at radius 2 is 1.87 bits per heavy atom. The van der Waals surface area contributed by atoms with Crippen LogP contribution < -0.4 is 5.32 Å². The number of nitrogens with zero attached hydrogens (tertiary/aromatic N) is 2. The van der Waals surface area contributed by atoms with Crippen molar-refractivity contribution in [3.63, 3.8) is 0 Å². The lowest BCUT2D eigenvalue weighted by Crippen LogP contribution is -2.43. The van der Waals surface area contributed by atoms with Crippen molar-refractivity contribution in [2.75, 3.05) is 18.4 Å². The van der Waals surface area contributed by atoms with Gasteiger partial charge in [-0.15, -0.1) is 0 Å². The second kappa shape index (κ2) is 8.26. The fraction of sp³-hybridized carbons (Fsp3) is 0.333. The third-order valence-corrected chi connectivity index (χ3v) is 8.62. The van der Waals surface area contributed by atoms with E-state index >= 15 is 0 Å². The van der Waals surface area contributed by atoms with Crippen molar-refractivity contribution in [1.82, 2.24) is 9.29 Å². The van der Waals surface area contributed by atoms with Gasteiger partial charge in [0.15, 0.2) is 5.13 Å². The SMILES string of the molecule is Cc1ccc(C)c2sc(NC(=O)C3CCCN(S(=O)(=O)c4ccc(Cl)cc4)C3)nc12. The highest BCUT2D eigenvalue weighted by atomic mass is 35.5. The van der Waals surface area contributed by atoms with E-state index in [-0.39, 0.29) is 17.3 Å². The van der Waals surface area contributed by atoms with Crippen molar-refractivity contribution in [1.29, 1.82) is 0 Å². The molecule has 1 saturated heterocycles. The molecule has 1 aromatic heterocycles. The van der Waals surface area contributed by atoms with Crippen LogP contribution in [0.1, 0.15) is 24.0 Å². The van der Waals surface area contributed by atoms with E-state index in [9.17, 15) is 13.2 Å². The van der Waals surface area contributed by atoms with Gasteiger partial charge in [-0.05, 0) is 62.1 Å². The minimum absolute atomic E-state index is 0.153. The number of benzene rings is 2. The molecule has 0 saturated carbocycles. The van der Waals surface area contributed by atoms with E-state index in [1.165, 1.54) is 27.8 Å². The molecule has 2 aromatic carbocycles. The van der Waals surface area contributed by atoms with E-state index in [1.807, 2.05) is 26.0 Å². The molecule has 0 spiro atoms. The molecule has 1 amide bonds. The van der Waals surface area contributed by atoms with Crippen LogP contribution in [0.4, 0.5) is 5.13 Å². The molecule has 0 aliphatic carbocycles. The Labute approximate surface area is 184 Å². The van der Waals surface area contributed by atoms with Crippen molar-refractivity contribution in [2.45, 2.75) is 31.6 Å². The fourth-order valence-corrected chi connectivity index (χ4v) is 6.31. The molecule has 0 bridgehead atoms. The molecule has 1 aliphatic rings. The average Bonchev–Trinajstić information content (AvgIpc) is 3.16. The Bertz CT molecular complexity index is 1170. The summed E-state index contributed by atoms with van der Waals surface area (Å²) in [5, 5.41) is 3.93. The monoisotopic (exact) mass is 463 g/mol. The maximum Gasteiger partial charge on any atom is 0.243 e. The number of aryl methyl sites for hydroxylation is 2. The molecule has 158 valence electrons. The topological polar surface area (TPSA) is 79.4 Å². The van der Waals surface area contributed by atoms with Gasteiger partial charge >= 0.3 is 0 Å². The van der Waals surface area contributed by atoms with Crippen LogP contribution >= 0.6 is 22.9 Å². The molecule has 1 aliphatic heterocycles. The van der Waals surface area contributed by atoms with Gasteiger partial charge in [-0.3, -0.25) is 4.79 Å². The maximum atomic E-state index is 13.0. The molecule has 1 fully saturated rings. The number of thiazole rings is 1. The van der Waals surface area contributed by atoms with Crippen LogP contribution in [-0.4, -0.2) is 36.7 Å². The number of piperidine rings is 1. The van der Waals surface area contributed by atoms with Crippen molar-refractivity contribution >= 4 is 54.2 Å². The van der Waals surface area contributed by atoms with Gasteiger partial charge in [-0.25, -0.2) is 13.4 Å². The lowest BCUT2D eigenvalue weighted by Gasteiger charge is -2.31. The number of sulfonamides is 1. The number of carbonyl (C=O) groups excluding carboxylic acids is 1. The number of hydrogen-bond donors (Lipinski definition) is 1. The molecule has 6 nitrogen and oxygen atoms in total. The number of rotatable bonds is 4. The number of aromatic nitrogens is 1. The van der Waals surface area contributed by atoms with Crippen molar-refractivity contribution < 1.29 is 13.2 Å². The first kappa shape index (κ1) is 21.2. The van der Waals surface area contributed by atoms with Crippen molar-refractivity contribution in [3.8, 4) is 0 Å². The van der Waals surface area contributed by atoms with Crippen LogP contribution in [0.25, 0.3) is 10.2 Å². The van der Waals surface area contributed by atoms with E-state index in [0.29, 0.717) is 29.5 Å². The first-order chi connectivity index (χ1) is 14.3. The summed E-state index contributed by atoms with van der Waals surface area (Å²) in [4.78, 5) is 17.6. The van der Waals surface area contributed by atoms with Gasteiger partial charge < -0.3 is 5.32 Å². The standard InChI is InChI=1S/C21H22ClN3O3S2/c1-13-5-6-14(2)19-18(13)23-21(29-19)24-20(26)15-4-3-11-25(12-15)30(27,28)17-9-7-16(22)8-10-17/h5-10,15H,3-4,11-12H2,1-2H3,(H,23,24,26). The first-order valence-corrected chi connectivity index (χ1v) is 12.3. The minimum Gasteiger partial charge on any atom is -0.302 e. The van der Waals surface area contributed by atoms with Crippen LogP contribution in [-0.2, 0) is 14.8 Å². The summed E-state index contributed by atoms with van der Waals surface area (Å²) < 4.78 is 28.4. The molecule has 1 unspecified atom stereocenters. The number of amides is 1. The molecule has 4 rings (SSSR count). The van der Waals surface area contributed by atoms with Crippen molar-refractivity contribution in [3.05, 3.63) is 52.5 Å². The Kier molecular flexibility index (Phi) is 5.85. The van der Waals surface area contributed by atoms with E-state index in [4.69, 9.17) is 11.6 Å². The number of nitrogens with one attached hydrogen (secondary N) is 1. The molecular formula is C21H22ClN3O3S2. The normalized spacial score (nSPS) is 17.9. The smallest absolute Gasteiger partial charge is 0.243 e. The predicted octanol–water partition coefficient (Wildman–Crippen LogP) is 4.61. The summed E-state index contributed by atoms with van der Waals surface area (Å²) in [6.07, 6.45) is 1.27. The second-order valence-electron chi connectivity index (χ2n) is 7.54. The lowest BCUT2D eigenvalue weighted by molar-refractivity contribution is -0.120.